The maximum atomic E-state index is 9.13. The Balaban J connectivity index is 1.90. The number of ether oxygens (including phenoxy) is 1. The van der Waals surface area contributed by atoms with Gasteiger partial charge in [0.15, 0.2) is 0 Å². The molecule has 1 aliphatic rings. The summed E-state index contributed by atoms with van der Waals surface area (Å²) in [5.74, 6) is 2.37. The molecule has 6 heteroatoms. The number of allylic oxidation sites excluding steroid dienone is 4. The minimum atomic E-state index is 0.0935. The highest BCUT2D eigenvalue weighted by atomic mass is 16.5. The van der Waals surface area contributed by atoms with Gasteiger partial charge in [0, 0.05) is 25.1 Å². The lowest BCUT2D eigenvalue weighted by atomic mass is 10.0. The van der Waals surface area contributed by atoms with Crippen LogP contribution in [0, 0.1) is 0 Å². The van der Waals surface area contributed by atoms with Crippen molar-refractivity contribution in [2.24, 2.45) is 0 Å². The number of aliphatic hydroxyl groups excluding tert-OH is 1. The number of pyridine rings is 1. The molecule has 122 valence electrons. The van der Waals surface area contributed by atoms with Crippen LogP contribution in [0.1, 0.15) is 25.7 Å². The zero-order valence-electron chi connectivity index (χ0n) is 13.5. The van der Waals surface area contributed by atoms with Crippen LogP contribution in [0.4, 0.5) is 5.82 Å². The zero-order valence-corrected chi connectivity index (χ0v) is 13.5. The lowest BCUT2D eigenvalue weighted by Crippen LogP contribution is -2.26. The van der Waals surface area contributed by atoms with E-state index in [1.807, 2.05) is 36.1 Å². The Morgan fingerprint density at radius 1 is 1.26 bits per heavy atom. The molecule has 0 unspecified atom stereocenters. The Morgan fingerprint density at radius 2 is 2.13 bits per heavy atom. The molecule has 0 atom stereocenters. The van der Waals surface area contributed by atoms with Crippen LogP contribution in [0.15, 0.2) is 34.5 Å². The smallest absolute Gasteiger partial charge is 0.249 e. The van der Waals surface area contributed by atoms with Crippen molar-refractivity contribution in [3.8, 4) is 0 Å². The first-order chi connectivity index (χ1) is 11.2. The number of hydrogen-bond donors (Lipinski definition) is 1. The SMILES string of the molecule is CCN(CCO)c1ccc2nc(C3=CC=C(OC)CC3)oc2n1. The summed E-state index contributed by atoms with van der Waals surface area (Å²) in [4.78, 5) is 11.0. The van der Waals surface area contributed by atoms with Gasteiger partial charge in [-0.25, -0.2) is 4.98 Å². The standard InChI is InChI=1S/C17H21N3O3/c1-3-20(10-11-21)15-9-8-14-17(19-15)23-16(18-14)12-4-6-13(22-2)7-5-12/h4,6,8-9,21H,3,5,7,10-11H2,1-2H3. The molecule has 0 radical (unpaired) electrons. The summed E-state index contributed by atoms with van der Waals surface area (Å²) in [6, 6.07) is 3.82. The summed E-state index contributed by atoms with van der Waals surface area (Å²) in [5.41, 5.74) is 2.32. The van der Waals surface area contributed by atoms with Crippen LogP contribution in [0.2, 0.25) is 0 Å². The van der Waals surface area contributed by atoms with Crippen LogP contribution in [0.3, 0.4) is 0 Å². The Kier molecular flexibility index (Phi) is 4.62. The molecular formula is C17H21N3O3. The molecule has 6 nitrogen and oxygen atoms in total. The van der Waals surface area contributed by atoms with Crippen molar-refractivity contribution in [3.63, 3.8) is 0 Å². The van der Waals surface area contributed by atoms with Crippen molar-refractivity contribution >= 4 is 22.6 Å². The number of aromatic nitrogens is 2. The van der Waals surface area contributed by atoms with Gasteiger partial charge in [0.2, 0.25) is 11.6 Å². The van der Waals surface area contributed by atoms with Gasteiger partial charge in [-0.2, -0.15) is 4.98 Å². The number of methoxy groups -OCH3 is 1. The fourth-order valence-electron chi connectivity index (χ4n) is 2.64. The van der Waals surface area contributed by atoms with Crippen molar-refractivity contribution in [1.82, 2.24) is 9.97 Å². The summed E-state index contributed by atoms with van der Waals surface area (Å²) in [5, 5.41) is 9.13. The topological polar surface area (TPSA) is 71.6 Å². The first-order valence-corrected chi connectivity index (χ1v) is 7.82. The first kappa shape index (κ1) is 15.6. The van der Waals surface area contributed by atoms with Crippen LogP contribution < -0.4 is 4.90 Å². The third-order valence-electron chi connectivity index (χ3n) is 3.96. The van der Waals surface area contributed by atoms with Crippen LogP contribution in [-0.2, 0) is 4.74 Å². The molecular weight excluding hydrogens is 294 g/mol. The highest BCUT2D eigenvalue weighted by Crippen LogP contribution is 2.29. The largest absolute Gasteiger partial charge is 0.501 e. The van der Waals surface area contributed by atoms with E-state index in [0.29, 0.717) is 18.1 Å². The molecule has 0 aliphatic heterocycles. The van der Waals surface area contributed by atoms with Crippen molar-refractivity contribution in [2.75, 3.05) is 31.7 Å². The number of nitrogens with zero attached hydrogens (tertiary/aromatic N) is 3. The molecule has 0 amide bonds. The number of rotatable bonds is 6. The molecule has 0 fully saturated rings. The van der Waals surface area contributed by atoms with Crippen LogP contribution in [0.5, 0.6) is 0 Å². The molecule has 23 heavy (non-hydrogen) atoms. The predicted octanol–water partition coefficient (Wildman–Crippen LogP) is 2.75. The number of anilines is 1. The van der Waals surface area contributed by atoms with E-state index >= 15 is 0 Å². The minimum absolute atomic E-state index is 0.0935. The third-order valence-corrected chi connectivity index (χ3v) is 3.96. The van der Waals surface area contributed by atoms with E-state index in [2.05, 4.69) is 9.97 Å². The Bertz CT molecular complexity index is 749. The Labute approximate surface area is 135 Å². The summed E-state index contributed by atoms with van der Waals surface area (Å²) >= 11 is 0. The minimum Gasteiger partial charge on any atom is -0.501 e. The molecule has 3 rings (SSSR count). The highest BCUT2D eigenvalue weighted by Gasteiger charge is 2.16. The second-order valence-corrected chi connectivity index (χ2v) is 5.35. The number of fused-ring (bicyclic) bond motifs is 1. The van der Waals surface area contributed by atoms with E-state index in [1.54, 1.807) is 7.11 Å². The van der Waals surface area contributed by atoms with Gasteiger partial charge in [-0.3, -0.25) is 0 Å². The second-order valence-electron chi connectivity index (χ2n) is 5.35. The van der Waals surface area contributed by atoms with Gasteiger partial charge in [0.25, 0.3) is 0 Å². The van der Waals surface area contributed by atoms with Gasteiger partial charge in [0.1, 0.15) is 11.3 Å². The maximum absolute atomic E-state index is 9.13. The van der Waals surface area contributed by atoms with Gasteiger partial charge >= 0.3 is 0 Å². The quantitative estimate of drug-likeness (QED) is 0.884. The van der Waals surface area contributed by atoms with Gasteiger partial charge < -0.3 is 19.2 Å². The van der Waals surface area contributed by atoms with Gasteiger partial charge in [-0.15, -0.1) is 0 Å². The van der Waals surface area contributed by atoms with E-state index in [9.17, 15) is 0 Å². The fourth-order valence-corrected chi connectivity index (χ4v) is 2.64. The molecule has 0 bridgehead atoms. The molecule has 1 N–H and O–H groups in total. The highest BCUT2D eigenvalue weighted by molar-refractivity contribution is 5.75. The molecule has 0 saturated heterocycles. The number of likely N-dealkylation sites (N-methyl/N-ethyl adjacent to an activating group) is 1. The summed E-state index contributed by atoms with van der Waals surface area (Å²) in [6.07, 6.45) is 5.62. The average Bonchev–Trinajstić information content (AvgIpc) is 3.03. The molecule has 0 spiro atoms. The second kappa shape index (κ2) is 6.83. The van der Waals surface area contributed by atoms with Crippen molar-refractivity contribution in [2.45, 2.75) is 19.8 Å². The van der Waals surface area contributed by atoms with Gasteiger partial charge in [0.05, 0.1) is 19.5 Å². The number of oxazole rings is 1. The van der Waals surface area contributed by atoms with Crippen molar-refractivity contribution in [3.05, 3.63) is 35.9 Å². The molecule has 2 aromatic heterocycles. The predicted molar refractivity (Wildman–Crippen MR) is 89.1 cm³/mol. The lowest BCUT2D eigenvalue weighted by molar-refractivity contribution is 0.277. The zero-order chi connectivity index (χ0) is 16.2. The van der Waals surface area contributed by atoms with E-state index in [-0.39, 0.29) is 6.61 Å². The number of hydrogen-bond acceptors (Lipinski definition) is 6. The number of aliphatic hydroxyl groups is 1. The summed E-state index contributed by atoms with van der Waals surface area (Å²) in [6.45, 7) is 3.44. The van der Waals surface area contributed by atoms with Crippen molar-refractivity contribution in [1.29, 1.82) is 0 Å². The molecule has 2 aromatic rings. The monoisotopic (exact) mass is 315 g/mol. The van der Waals surface area contributed by atoms with Crippen LogP contribution >= 0.6 is 0 Å². The molecule has 0 aromatic carbocycles. The molecule has 2 heterocycles. The van der Waals surface area contributed by atoms with Gasteiger partial charge in [-0.1, -0.05) is 6.08 Å². The summed E-state index contributed by atoms with van der Waals surface area (Å²) < 4.78 is 11.1. The fraction of sp³-hybridized carbons (Fsp3) is 0.412. The molecule has 0 saturated carbocycles. The van der Waals surface area contributed by atoms with E-state index < -0.39 is 0 Å². The van der Waals surface area contributed by atoms with E-state index in [4.69, 9.17) is 14.3 Å². The van der Waals surface area contributed by atoms with Crippen LogP contribution in [-0.4, -0.2) is 41.9 Å². The molecule has 1 aliphatic carbocycles. The lowest BCUT2D eigenvalue weighted by Gasteiger charge is -2.20. The summed E-state index contributed by atoms with van der Waals surface area (Å²) in [7, 11) is 1.68. The van der Waals surface area contributed by atoms with Crippen molar-refractivity contribution < 1.29 is 14.3 Å². The Morgan fingerprint density at radius 3 is 2.78 bits per heavy atom. The Hall–Kier alpha value is -2.34. The average molecular weight is 315 g/mol. The van der Waals surface area contributed by atoms with E-state index in [0.717, 1.165) is 42.1 Å². The normalized spacial score (nSPS) is 14.6. The third kappa shape index (κ3) is 3.22. The van der Waals surface area contributed by atoms with Gasteiger partial charge in [-0.05, 0) is 31.6 Å². The first-order valence-electron chi connectivity index (χ1n) is 7.82. The van der Waals surface area contributed by atoms with E-state index in [1.165, 1.54) is 0 Å². The maximum Gasteiger partial charge on any atom is 0.249 e. The van der Waals surface area contributed by atoms with Crippen LogP contribution in [0.25, 0.3) is 16.8 Å².